The summed E-state index contributed by atoms with van der Waals surface area (Å²) in [4.78, 5) is 31.9. The first-order valence-electron chi connectivity index (χ1n) is 5.77. The number of halogens is 7. The zero-order valence-corrected chi connectivity index (χ0v) is 11.5. The van der Waals surface area contributed by atoms with Crippen LogP contribution >= 0.6 is 11.6 Å². The molecule has 1 unspecified atom stereocenters. The molecule has 12 heteroatoms. The van der Waals surface area contributed by atoms with Gasteiger partial charge in [0.25, 0.3) is 0 Å². The lowest BCUT2D eigenvalue weighted by Gasteiger charge is -2.16. The average molecular weight is 357 g/mol. The van der Waals surface area contributed by atoms with Gasteiger partial charge in [0.2, 0.25) is 5.24 Å². The van der Waals surface area contributed by atoms with Crippen molar-refractivity contribution in [3.8, 4) is 0 Å². The normalized spacial score (nSPS) is 13.4. The zero-order valence-electron chi connectivity index (χ0n) is 10.8. The molecule has 128 valence electrons. The molecule has 0 spiro atoms. The largest absolute Gasteiger partial charge is 0.471 e. The second kappa shape index (κ2) is 8.20. The highest BCUT2D eigenvalue weighted by molar-refractivity contribution is 6.64. The van der Waals surface area contributed by atoms with E-state index in [9.17, 15) is 40.7 Å². The molecule has 2 N–H and O–H groups in total. The van der Waals surface area contributed by atoms with Crippen LogP contribution in [0.2, 0.25) is 0 Å². The second-order valence-electron chi connectivity index (χ2n) is 4.08. The minimum Gasteiger partial charge on any atom is -0.348 e. The molecule has 0 aliphatic rings. The summed E-state index contributed by atoms with van der Waals surface area (Å²) in [5, 5.41) is 1.67. The third-order valence-corrected chi connectivity index (χ3v) is 2.56. The molecule has 0 saturated heterocycles. The van der Waals surface area contributed by atoms with E-state index in [0.29, 0.717) is 0 Å². The molecule has 0 radical (unpaired) electrons. The van der Waals surface area contributed by atoms with Gasteiger partial charge in [-0.05, 0) is 30.9 Å². The van der Waals surface area contributed by atoms with E-state index in [2.05, 4.69) is 0 Å². The maximum atomic E-state index is 12.0. The first-order valence-corrected chi connectivity index (χ1v) is 6.15. The number of hydrogen-bond donors (Lipinski definition) is 2. The number of unbranched alkanes of at least 4 members (excludes halogenated alkanes) is 1. The molecule has 0 aromatic heterocycles. The Morgan fingerprint density at radius 2 is 1.41 bits per heavy atom. The van der Waals surface area contributed by atoms with Gasteiger partial charge >= 0.3 is 24.2 Å². The van der Waals surface area contributed by atoms with Crippen molar-refractivity contribution in [1.82, 2.24) is 10.6 Å². The number of carbonyl (C=O) groups excluding carboxylic acids is 3. The van der Waals surface area contributed by atoms with E-state index in [0.717, 1.165) is 0 Å². The Kier molecular flexibility index (Phi) is 7.64. The lowest BCUT2D eigenvalue weighted by atomic mass is 10.1. The van der Waals surface area contributed by atoms with Crippen molar-refractivity contribution in [2.45, 2.75) is 37.7 Å². The van der Waals surface area contributed by atoms with Crippen LogP contribution in [0.1, 0.15) is 19.3 Å². The first kappa shape index (κ1) is 20.5. The summed E-state index contributed by atoms with van der Waals surface area (Å²) < 4.78 is 71.4. The third kappa shape index (κ3) is 8.05. The summed E-state index contributed by atoms with van der Waals surface area (Å²) in [6.07, 6.45) is -10.6. The topological polar surface area (TPSA) is 75.3 Å². The molecule has 0 saturated carbocycles. The average Bonchev–Trinajstić information content (AvgIpc) is 2.33. The van der Waals surface area contributed by atoms with Crippen LogP contribution in [0.15, 0.2) is 0 Å². The summed E-state index contributed by atoms with van der Waals surface area (Å²) >= 11 is 5.02. The van der Waals surface area contributed by atoms with Crippen molar-refractivity contribution in [2.24, 2.45) is 0 Å². The fourth-order valence-corrected chi connectivity index (χ4v) is 1.42. The molecule has 0 aliphatic carbocycles. The van der Waals surface area contributed by atoms with Crippen LogP contribution in [0.25, 0.3) is 0 Å². The second-order valence-corrected chi connectivity index (χ2v) is 4.45. The molecule has 1 atom stereocenters. The van der Waals surface area contributed by atoms with Gasteiger partial charge in [-0.3, -0.25) is 14.4 Å². The molecule has 0 aromatic carbocycles. The molecule has 22 heavy (non-hydrogen) atoms. The van der Waals surface area contributed by atoms with Crippen LogP contribution in [0.5, 0.6) is 0 Å². The van der Waals surface area contributed by atoms with Gasteiger partial charge in [0.15, 0.2) is 0 Å². The number of alkyl halides is 6. The minimum atomic E-state index is -5.19. The molecule has 0 aromatic rings. The molecular formula is C10H11ClF6N2O3. The summed E-state index contributed by atoms with van der Waals surface area (Å²) in [6, 6.07) is -1.62. The van der Waals surface area contributed by atoms with Crippen LogP contribution in [-0.2, 0) is 14.4 Å². The molecule has 0 bridgehead atoms. The Labute approximate surface area is 125 Å². The minimum absolute atomic E-state index is 0.0423. The van der Waals surface area contributed by atoms with Crippen LogP contribution in [0.3, 0.4) is 0 Å². The number of nitrogens with one attached hydrogen (secondary N) is 2. The van der Waals surface area contributed by atoms with Gasteiger partial charge in [0, 0.05) is 6.54 Å². The molecule has 0 rings (SSSR count). The van der Waals surface area contributed by atoms with Crippen molar-refractivity contribution >= 4 is 28.7 Å². The quantitative estimate of drug-likeness (QED) is 0.414. The molecule has 5 nitrogen and oxygen atoms in total. The summed E-state index contributed by atoms with van der Waals surface area (Å²) in [5.74, 6) is -4.50. The van der Waals surface area contributed by atoms with Gasteiger partial charge in [0.1, 0.15) is 6.04 Å². The Morgan fingerprint density at radius 3 is 1.82 bits per heavy atom. The number of hydrogen-bond acceptors (Lipinski definition) is 3. The van der Waals surface area contributed by atoms with E-state index in [1.807, 2.05) is 0 Å². The lowest BCUT2D eigenvalue weighted by molar-refractivity contribution is -0.174. The van der Waals surface area contributed by atoms with E-state index in [4.69, 9.17) is 11.6 Å². The van der Waals surface area contributed by atoms with E-state index < -0.39 is 42.0 Å². The Morgan fingerprint density at radius 1 is 0.909 bits per heavy atom. The monoisotopic (exact) mass is 356 g/mol. The predicted octanol–water partition coefficient (Wildman–Crippen LogP) is 1.65. The van der Waals surface area contributed by atoms with E-state index in [1.165, 1.54) is 5.32 Å². The van der Waals surface area contributed by atoms with Crippen LogP contribution in [-0.4, -0.2) is 42.0 Å². The highest BCUT2D eigenvalue weighted by Gasteiger charge is 2.40. The zero-order chi connectivity index (χ0) is 17.6. The predicted molar refractivity (Wildman–Crippen MR) is 61.8 cm³/mol. The van der Waals surface area contributed by atoms with Crippen molar-refractivity contribution in [2.75, 3.05) is 6.54 Å². The maximum absolute atomic E-state index is 12.0. The SMILES string of the molecule is O=C(Cl)C(CCCCNC(=O)C(F)(F)F)NC(=O)C(F)(F)F. The van der Waals surface area contributed by atoms with Gasteiger partial charge in [-0.15, -0.1) is 0 Å². The van der Waals surface area contributed by atoms with E-state index in [-0.39, 0.29) is 19.3 Å². The van der Waals surface area contributed by atoms with Crippen molar-refractivity contribution in [3.05, 3.63) is 0 Å². The van der Waals surface area contributed by atoms with E-state index in [1.54, 1.807) is 5.32 Å². The number of amides is 2. The molecule has 2 amide bonds. The highest BCUT2D eigenvalue weighted by atomic mass is 35.5. The van der Waals surface area contributed by atoms with Crippen molar-refractivity contribution in [1.29, 1.82) is 0 Å². The summed E-state index contributed by atoms with van der Waals surface area (Å²) in [7, 11) is 0. The lowest BCUT2D eigenvalue weighted by Crippen LogP contribution is -2.45. The van der Waals surface area contributed by atoms with E-state index >= 15 is 0 Å². The number of carbonyl (C=O) groups is 3. The smallest absolute Gasteiger partial charge is 0.348 e. The summed E-state index contributed by atoms with van der Waals surface area (Å²) in [6.45, 7) is -0.394. The van der Waals surface area contributed by atoms with Crippen LogP contribution < -0.4 is 10.6 Å². The molecule has 0 heterocycles. The van der Waals surface area contributed by atoms with Crippen molar-refractivity contribution in [3.63, 3.8) is 0 Å². The van der Waals surface area contributed by atoms with Crippen LogP contribution in [0.4, 0.5) is 26.3 Å². The standard InChI is InChI=1S/C10H11ClF6N2O3/c11-6(20)5(19-8(22)10(15,16)17)3-1-2-4-18-7(21)9(12,13)14/h5H,1-4H2,(H,18,21)(H,19,22). The highest BCUT2D eigenvalue weighted by Crippen LogP contribution is 2.16. The fraction of sp³-hybridized carbons (Fsp3) is 0.700. The first-order chi connectivity index (χ1) is 9.85. The Bertz CT molecular complexity index is 424. The maximum Gasteiger partial charge on any atom is 0.471 e. The Balaban J connectivity index is 4.16. The number of rotatable bonds is 7. The van der Waals surface area contributed by atoms with Crippen LogP contribution in [0, 0.1) is 0 Å². The fourth-order valence-electron chi connectivity index (χ4n) is 1.26. The summed E-state index contributed by atoms with van der Waals surface area (Å²) in [5.41, 5.74) is 0. The van der Waals surface area contributed by atoms with Gasteiger partial charge < -0.3 is 10.6 Å². The molecular weight excluding hydrogens is 346 g/mol. The Hall–Kier alpha value is -1.52. The van der Waals surface area contributed by atoms with Gasteiger partial charge in [-0.2, -0.15) is 26.3 Å². The molecule has 0 fully saturated rings. The molecule has 0 aliphatic heterocycles. The third-order valence-electron chi connectivity index (χ3n) is 2.30. The van der Waals surface area contributed by atoms with Gasteiger partial charge in [-0.25, -0.2) is 0 Å². The van der Waals surface area contributed by atoms with Gasteiger partial charge in [0.05, 0.1) is 0 Å². The van der Waals surface area contributed by atoms with Crippen molar-refractivity contribution < 1.29 is 40.7 Å². The van der Waals surface area contributed by atoms with Gasteiger partial charge in [-0.1, -0.05) is 0 Å².